The average Bonchev–Trinajstić information content (AvgIpc) is 3.31. The van der Waals surface area contributed by atoms with Crippen LogP contribution in [-0.4, -0.2) is 33.0 Å². The number of likely N-dealkylation sites (tertiary alicyclic amines) is 1. The lowest BCUT2D eigenvalue weighted by Crippen LogP contribution is -2.38. The molecule has 0 bridgehead atoms. The molecule has 0 spiro atoms. The van der Waals surface area contributed by atoms with Gasteiger partial charge in [0.15, 0.2) is 0 Å². The van der Waals surface area contributed by atoms with Crippen LogP contribution in [0.5, 0.6) is 0 Å². The molecule has 0 radical (unpaired) electrons. The summed E-state index contributed by atoms with van der Waals surface area (Å²) in [5.74, 6) is 0. The van der Waals surface area contributed by atoms with Gasteiger partial charge in [0, 0.05) is 31.7 Å². The number of hydrogen-bond acceptors (Lipinski definition) is 5. The van der Waals surface area contributed by atoms with Crippen LogP contribution in [-0.2, 0) is 6.54 Å². The van der Waals surface area contributed by atoms with Crippen LogP contribution in [0.1, 0.15) is 65.8 Å². The van der Waals surface area contributed by atoms with Gasteiger partial charge in [0.1, 0.15) is 0 Å². The summed E-state index contributed by atoms with van der Waals surface area (Å²) >= 11 is 0. The molecule has 2 aromatic heterocycles. The van der Waals surface area contributed by atoms with Crippen LogP contribution >= 0.6 is 0 Å². The van der Waals surface area contributed by atoms with E-state index >= 15 is 0 Å². The third-order valence-electron chi connectivity index (χ3n) is 7.22. The molecule has 0 unspecified atom stereocenters. The molecule has 1 saturated heterocycles. The highest BCUT2D eigenvalue weighted by molar-refractivity contribution is 5.26. The Morgan fingerprint density at radius 3 is 2.12 bits per heavy atom. The highest BCUT2D eigenvalue weighted by Crippen LogP contribution is 2.42. The number of rotatable bonds is 7. The summed E-state index contributed by atoms with van der Waals surface area (Å²) in [6.07, 6.45) is 10.7. The Morgan fingerprint density at radius 2 is 1.50 bits per heavy atom. The molecule has 1 N–H and O–H groups in total. The summed E-state index contributed by atoms with van der Waals surface area (Å²) in [4.78, 5) is 12.4. The van der Waals surface area contributed by atoms with E-state index in [1.54, 1.807) is 0 Å². The van der Waals surface area contributed by atoms with Crippen molar-refractivity contribution in [1.82, 2.24) is 25.3 Å². The highest BCUT2D eigenvalue weighted by Gasteiger charge is 2.35. The number of pyridine rings is 2. The molecule has 4 heterocycles. The molecule has 0 saturated carbocycles. The maximum Gasteiger partial charge on any atom is 0.0604 e. The van der Waals surface area contributed by atoms with Crippen LogP contribution < -0.4 is 5.43 Å². The first-order valence-electron chi connectivity index (χ1n) is 12.5. The van der Waals surface area contributed by atoms with Gasteiger partial charge < -0.3 is 5.01 Å². The van der Waals surface area contributed by atoms with Crippen molar-refractivity contribution in [2.45, 2.75) is 58.2 Å². The van der Waals surface area contributed by atoms with E-state index in [-0.39, 0.29) is 0 Å². The summed E-state index contributed by atoms with van der Waals surface area (Å²) in [6.45, 7) is 7.21. The van der Waals surface area contributed by atoms with E-state index in [1.807, 2.05) is 24.5 Å². The number of piperidine rings is 1. The fourth-order valence-electron chi connectivity index (χ4n) is 5.47. The summed E-state index contributed by atoms with van der Waals surface area (Å²) in [6, 6.07) is 19.8. The van der Waals surface area contributed by atoms with E-state index in [4.69, 9.17) is 9.97 Å². The van der Waals surface area contributed by atoms with E-state index in [0.717, 1.165) is 38.9 Å². The first-order valence-corrected chi connectivity index (χ1v) is 12.5. The van der Waals surface area contributed by atoms with Gasteiger partial charge in [-0.25, -0.2) is 5.43 Å². The minimum atomic E-state index is 0.330. The fourth-order valence-corrected chi connectivity index (χ4v) is 5.47. The van der Waals surface area contributed by atoms with Crippen LogP contribution in [0.2, 0.25) is 0 Å². The largest absolute Gasteiger partial charge is 0.311 e. The lowest BCUT2D eigenvalue weighted by molar-refractivity contribution is 0.0774. The van der Waals surface area contributed by atoms with Crippen molar-refractivity contribution in [2.75, 3.05) is 13.1 Å². The monoisotopic (exact) mass is 453 g/mol. The zero-order chi connectivity index (χ0) is 23.3. The fraction of sp³-hybridized carbons (Fsp3) is 0.379. The Balaban J connectivity index is 1.36. The molecular formula is C29H35N5. The van der Waals surface area contributed by atoms with Gasteiger partial charge in [0.2, 0.25) is 0 Å². The molecule has 176 valence electrons. The molecule has 3 aromatic rings. The second kappa shape index (κ2) is 10.5. The first kappa shape index (κ1) is 22.8. The maximum absolute atomic E-state index is 4.84. The number of hydrogen-bond donors (Lipinski definition) is 1. The number of aryl methyl sites for hydroxylation is 2. The van der Waals surface area contributed by atoms with E-state index < -0.39 is 0 Å². The van der Waals surface area contributed by atoms with Crippen molar-refractivity contribution in [3.8, 4) is 0 Å². The molecule has 2 aliphatic rings. The lowest BCUT2D eigenvalue weighted by atomic mass is 9.88. The van der Waals surface area contributed by atoms with Crippen molar-refractivity contribution < 1.29 is 0 Å². The number of benzene rings is 1. The third-order valence-corrected chi connectivity index (χ3v) is 7.22. The summed E-state index contributed by atoms with van der Waals surface area (Å²) in [7, 11) is 0. The molecule has 34 heavy (non-hydrogen) atoms. The second-order valence-corrected chi connectivity index (χ2v) is 9.60. The van der Waals surface area contributed by atoms with Gasteiger partial charge in [-0.2, -0.15) is 0 Å². The summed E-state index contributed by atoms with van der Waals surface area (Å²) < 4.78 is 0. The molecule has 1 fully saturated rings. The highest BCUT2D eigenvalue weighted by atomic mass is 15.5. The lowest BCUT2D eigenvalue weighted by Gasteiger charge is -2.42. The van der Waals surface area contributed by atoms with E-state index in [1.165, 1.54) is 40.1 Å². The zero-order valence-corrected chi connectivity index (χ0v) is 20.3. The van der Waals surface area contributed by atoms with Crippen LogP contribution in [0.4, 0.5) is 0 Å². The third kappa shape index (κ3) is 5.06. The van der Waals surface area contributed by atoms with Crippen LogP contribution in [0, 0.1) is 13.8 Å². The van der Waals surface area contributed by atoms with Gasteiger partial charge in [-0.1, -0.05) is 42.5 Å². The van der Waals surface area contributed by atoms with Crippen LogP contribution in [0.3, 0.4) is 0 Å². The number of aromatic nitrogens is 2. The molecular weight excluding hydrogens is 418 g/mol. The number of nitrogens with one attached hydrogen (secondary N) is 1. The van der Waals surface area contributed by atoms with Gasteiger partial charge in [-0.15, -0.1) is 0 Å². The van der Waals surface area contributed by atoms with Crippen LogP contribution in [0.15, 0.2) is 78.8 Å². The zero-order valence-electron chi connectivity index (χ0n) is 20.3. The van der Waals surface area contributed by atoms with E-state index in [9.17, 15) is 0 Å². The molecule has 5 heteroatoms. The molecule has 1 aromatic carbocycles. The smallest absolute Gasteiger partial charge is 0.0604 e. The van der Waals surface area contributed by atoms with Gasteiger partial charge >= 0.3 is 0 Å². The molecule has 2 atom stereocenters. The Kier molecular flexibility index (Phi) is 7.02. The van der Waals surface area contributed by atoms with Crippen LogP contribution in [0.25, 0.3) is 0 Å². The minimum absolute atomic E-state index is 0.330. The Bertz CT molecular complexity index is 1070. The van der Waals surface area contributed by atoms with E-state index in [0.29, 0.717) is 12.1 Å². The van der Waals surface area contributed by atoms with Crippen molar-refractivity contribution in [3.05, 3.63) is 107 Å². The number of nitrogens with zero attached hydrogens (tertiary/aromatic N) is 4. The van der Waals surface area contributed by atoms with Crippen molar-refractivity contribution in [1.29, 1.82) is 0 Å². The Labute approximate surface area is 203 Å². The standard InChI is InChI=1S/C29H35N5/c1-22-9-7-16-30-28(22)26-13-6-14-27(29-23(2)10-8-17-31-29)34(26)18-15-25-19-32-33(21-25)20-24-11-4-3-5-12-24/h3-5,7-12,16-17,21,26-27,32H,6,13-15,18-20H2,1-2H3/t26-,27+. The van der Waals surface area contributed by atoms with E-state index in [2.05, 4.69) is 77.8 Å². The van der Waals surface area contributed by atoms with Crippen molar-refractivity contribution in [2.24, 2.45) is 0 Å². The molecule has 5 rings (SSSR count). The SMILES string of the molecule is Cc1cccnc1[C@H]1CCC[C@@H](c2ncccc2C)N1CCC1=CN(Cc2ccccc2)NC1. The number of hydrazine groups is 1. The minimum Gasteiger partial charge on any atom is -0.311 e. The topological polar surface area (TPSA) is 44.3 Å². The predicted molar refractivity (Wildman–Crippen MR) is 137 cm³/mol. The summed E-state index contributed by atoms with van der Waals surface area (Å²) in [5.41, 5.74) is 11.3. The molecule has 2 aliphatic heterocycles. The van der Waals surface area contributed by atoms with Gasteiger partial charge in [0.25, 0.3) is 0 Å². The Hall–Kier alpha value is -3.02. The molecule has 5 nitrogen and oxygen atoms in total. The normalized spacial score (nSPS) is 21.0. The maximum atomic E-state index is 4.84. The first-order chi connectivity index (χ1) is 16.7. The summed E-state index contributed by atoms with van der Waals surface area (Å²) in [5, 5.41) is 2.22. The second-order valence-electron chi connectivity index (χ2n) is 9.60. The quantitative estimate of drug-likeness (QED) is 0.500. The average molecular weight is 454 g/mol. The Morgan fingerprint density at radius 1 is 0.853 bits per heavy atom. The molecule has 0 amide bonds. The molecule has 0 aliphatic carbocycles. The van der Waals surface area contributed by atoms with Gasteiger partial charge in [0.05, 0.1) is 30.0 Å². The van der Waals surface area contributed by atoms with Gasteiger partial charge in [-0.3, -0.25) is 14.9 Å². The predicted octanol–water partition coefficient (Wildman–Crippen LogP) is 5.66. The van der Waals surface area contributed by atoms with Crippen molar-refractivity contribution in [3.63, 3.8) is 0 Å². The van der Waals surface area contributed by atoms with Crippen molar-refractivity contribution >= 4 is 0 Å². The van der Waals surface area contributed by atoms with Gasteiger partial charge in [-0.05, 0) is 73.9 Å².